The lowest BCUT2D eigenvalue weighted by Gasteiger charge is -2.03. The summed E-state index contributed by atoms with van der Waals surface area (Å²) >= 11 is 11.7. The number of carbonyl (C=O) groups excluding carboxylic acids is 1. The van der Waals surface area contributed by atoms with Crippen molar-refractivity contribution in [2.24, 2.45) is 0 Å². The number of aromatic nitrogens is 4. The van der Waals surface area contributed by atoms with Gasteiger partial charge in [-0.3, -0.25) is 4.79 Å². The van der Waals surface area contributed by atoms with Crippen LogP contribution in [0.4, 0.5) is 0 Å². The first kappa shape index (κ1) is 13.0. The van der Waals surface area contributed by atoms with E-state index in [1.54, 1.807) is 16.7 Å². The van der Waals surface area contributed by atoms with Gasteiger partial charge in [0.15, 0.2) is 16.6 Å². The van der Waals surface area contributed by atoms with E-state index in [-0.39, 0.29) is 22.8 Å². The fraction of sp³-hybridized carbons (Fsp3) is 0.0769. The first-order valence-electron chi connectivity index (χ1n) is 5.77. The molecule has 100 valence electrons. The standard InChI is InChI=1S/C13H8Cl2N4O/c14-11-10-12(18-13(15)17-11)19(7-16-10)6-9(20)8-4-2-1-3-5-8/h1-5,7H,6H2. The van der Waals surface area contributed by atoms with Crippen molar-refractivity contribution < 1.29 is 4.79 Å². The molecule has 2 heterocycles. The van der Waals surface area contributed by atoms with Gasteiger partial charge in [-0.15, -0.1) is 0 Å². The number of imidazole rings is 1. The van der Waals surface area contributed by atoms with Crippen LogP contribution in [0.1, 0.15) is 10.4 Å². The first-order chi connectivity index (χ1) is 9.65. The zero-order valence-electron chi connectivity index (χ0n) is 10.1. The van der Waals surface area contributed by atoms with Gasteiger partial charge in [-0.2, -0.15) is 4.98 Å². The molecule has 3 aromatic rings. The summed E-state index contributed by atoms with van der Waals surface area (Å²) in [5, 5.41) is 0.197. The summed E-state index contributed by atoms with van der Waals surface area (Å²) in [6.45, 7) is 0.115. The lowest BCUT2D eigenvalue weighted by Crippen LogP contribution is -2.10. The fourth-order valence-corrected chi connectivity index (χ4v) is 2.29. The van der Waals surface area contributed by atoms with Gasteiger partial charge in [-0.05, 0) is 11.6 Å². The van der Waals surface area contributed by atoms with E-state index < -0.39 is 0 Å². The lowest BCUT2D eigenvalue weighted by atomic mass is 10.1. The molecular weight excluding hydrogens is 299 g/mol. The largest absolute Gasteiger partial charge is 0.307 e. The third-order valence-electron chi connectivity index (χ3n) is 2.80. The Morgan fingerprint density at radius 1 is 1.15 bits per heavy atom. The lowest BCUT2D eigenvalue weighted by molar-refractivity contribution is 0.0973. The van der Waals surface area contributed by atoms with Crippen LogP contribution in [0.5, 0.6) is 0 Å². The topological polar surface area (TPSA) is 60.7 Å². The third kappa shape index (κ3) is 2.37. The molecule has 3 rings (SSSR count). The van der Waals surface area contributed by atoms with E-state index in [1.807, 2.05) is 18.2 Å². The molecule has 0 radical (unpaired) electrons. The molecular formula is C13H8Cl2N4O. The van der Waals surface area contributed by atoms with Crippen molar-refractivity contribution in [3.63, 3.8) is 0 Å². The van der Waals surface area contributed by atoms with Crippen LogP contribution in [-0.2, 0) is 6.54 Å². The van der Waals surface area contributed by atoms with Crippen LogP contribution in [0.3, 0.4) is 0 Å². The number of hydrogen-bond donors (Lipinski definition) is 0. The molecule has 0 bridgehead atoms. The van der Waals surface area contributed by atoms with Crippen molar-refractivity contribution in [2.45, 2.75) is 6.54 Å². The average Bonchev–Trinajstić information content (AvgIpc) is 2.83. The minimum atomic E-state index is -0.0456. The SMILES string of the molecule is O=C(Cn1cnc2c(Cl)nc(Cl)nc21)c1ccccc1. The van der Waals surface area contributed by atoms with Gasteiger partial charge >= 0.3 is 0 Å². The number of fused-ring (bicyclic) bond motifs is 1. The van der Waals surface area contributed by atoms with E-state index in [4.69, 9.17) is 23.2 Å². The predicted molar refractivity (Wildman–Crippen MR) is 76.1 cm³/mol. The second kappa shape index (κ2) is 5.19. The Morgan fingerprint density at radius 2 is 1.90 bits per heavy atom. The zero-order chi connectivity index (χ0) is 14.1. The highest BCUT2D eigenvalue weighted by molar-refractivity contribution is 6.35. The minimum absolute atomic E-state index is 0.0245. The summed E-state index contributed by atoms with van der Waals surface area (Å²) in [5.74, 6) is -0.0456. The van der Waals surface area contributed by atoms with Gasteiger partial charge in [-0.1, -0.05) is 41.9 Å². The Kier molecular flexibility index (Phi) is 3.38. The summed E-state index contributed by atoms with van der Waals surface area (Å²) in [6, 6.07) is 9.01. The maximum Gasteiger partial charge on any atom is 0.225 e. The molecule has 1 aromatic carbocycles. The predicted octanol–water partition coefficient (Wildman–Crippen LogP) is 3.02. The van der Waals surface area contributed by atoms with E-state index >= 15 is 0 Å². The van der Waals surface area contributed by atoms with Gasteiger partial charge in [0.2, 0.25) is 5.28 Å². The Labute approximate surface area is 124 Å². The maximum atomic E-state index is 12.2. The molecule has 20 heavy (non-hydrogen) atoms. The Morgan fingerprint density at radius 3 is 2.65 bits per heavy atom. The van der Waals surface area contributed by atoms with Gasteiger partial charge in [0.25, 0.3) is 0 Å². The monoisotopic (exact) mass is 306 g/mol. The van der Waals surface area contributed by atoms with Crippen LogP contribution in [0.2, 0.25) is 10.4 Å². The second-order valence-electron chi connectivity index (χ2n) is 4.12. The molecule has 0 saturated heterocycles. The first-order valence-corrected chi connectivity index (χ1v) is 6.53. The highest BCUT2D eigenvalue weighted by Crippen LogP contribution is 2.20. The van der Waals surface area contributed by atoms with Crippen LogP contribution in [0.15, 0.2) is 36.7 Å². The summed E-state index contributed by atoms with van der Waals surface area (Å²) in [7, 11) is 0. The molecule has 0 aliphatic heterocycles. The minimum Gasteiger partial charge on any atom is -0.307 e. The Bertz CT molecular complexity index is 786. The molecule has 7 heteroatoms. The molecule has 0 N–H and O–H groups in total. The van der Waals surface area contributed by atoms with Gasteiger partial charge in [-0.25, -0.2) is 9.97 Å². The summed E-state index contributed by atoms with van der Waals surface area (Å²) in [6.07, 6.45) is 1.50. The van der Waals surface area contributed by atoms with Gasteiger partial charge < -0.3 is 4.57 Å². The van der Waals surface area contributed by atoms with Gasteiger partial charge in [0, 0.05) is 5.56 Å². The van der Waals surface area contributed by atoms with Gasteiger partial charge in [0.05, 0.1) is 12.9 Å². The number of benzene rings is 1. The van der Waals surface area contributed by atoms with Crippen LogP contribution in [0, 0.1) is 0 Å². The number of nitrogens with zero attached hydrogens (tertiary/aromatic N) is 4. The van der Waals surface area contributed by atoms with Crippen molar-refractivity contribution in [3.05, 3.63) is 52.7 Å². The van der Waals surface area contributed by atoms with Crippen molar-refractivity contribution in [1.82, 2.24) is 19.5 Å². The molecule has 2 aromatic heterocycles. The normalized spacial score (nSPS) is 10.9. The zero-order valence-corrected chi connectivity index (χ0v) is 11.6. The second-order valence-corrected chi connectivity index (χ2v) is 4.81. The quantitative estimate of drug-likeness (QED) is 0.424. The van der Waals surface area contributed by atoms with Crippen molar-refractivity contribution >= 4 is 40.1 Å². The molecule has 5 nitrogen and oxygen atoms in total. The highest BCUT2D eigenvalue weighted by atomic mass is 35.5. The van der Waals surface area contributed by atoms with E-state index in [1.165, 1.54) is 6.33 Å². The molecule has 0 aliphatic rings. The fourth-order valence-electron chi connectivity index (χ4n) is 1.87. The maximum absolute atomic E-state index is 12.2. The number of Topliss-reactive ketones (excluding diaryl/α,β-unsaturated/α-hetero) is 1. The molecule has 0 amide bonds. The number of carbonyl (C=O) groups is 1. The molecule has 0 unspecified atom stereocenters. The smallest absolute Gasteiger partial charge is 0.225 e. The van der Waals surface area contributed by atoms with E-state index in [2.05, 4.69) is 15.0 Å². The molecule has 0 spiro atoms. The molecule has 0 saturated carbocycles. The van der Waals surface area contributed by atoms with Crippen molar-refractivity contribution in [1.29, 1.82) is 0 Å². The van der Waals surface area contributed by atoms with E-state index in [9.17, 15) is 4.79 Å². The van der Waals surface area contributed by atoms with E-state index in [0.29, 0.717) is 16.7 Å². The summed E-state index contributed by atoms with van der Waals surface area (Å²) in [4.78, 5) is 24.1. The molecule has 0 atom stereocenters. The van der Waals surface area contributed by atoms with Crippen LogP contribution in [-0.4, -0.2) is 25.3 Å². The summed E-state index contributed by atoms with van der Waals surface area (Å²) < 4.78 is 1.60. The Hall–Kier alpha value is -1.98. The van der Waals surface area contributed by atoms with Crippen LogP contribution in [0.25, 0.3) is 11.2 Å². The van der Waals surface area contributed by atoms with Crippen LogP contribution < -0.4 is 0 Å². The Balaban J connectivity index is 1.98. The number of rotatable bonds is 3. The summed E-state index contributed by atoms with van der Waals surface area (Å²) in [5.41, 5.74) is 1.50. The average molecular weight is 307 g/mol. The highest BCUT2D eigenvalue weighted by Gasteiger charge is 2.13. The molecule has 0 aliphatic carbocycles. The third-order valence-corrected chi connectivity index (χ3v) is 3.24. The van der Waals surface area contributed by atoms with E-state index in [0.717, 1.165) is 0 Å². The van der Waals surface area contributed by atoms with Crippen LogP contribution >= 0.6 is 23.2 Å². The molecule has 0 fully saturated rings. The number of ketones is 1. The number of hydrogen-bond acceptors (Lipinski definition) is 4. The van der Waals surface area contributed by atoms with Crippen molar-refractivity contribution in [2.75, 3.05) is 0 Å². The van der Waals surface area contributed by atoms with Gasteiger partial charge in [0.1, 0.15) is 5.52 Å². The van der Waals surface area contributed by atoms with Crippen molar-refractivity contribution in [3.8, 4) is 0 Å². The number of halogens is 2.